The molecule has 1 aliphatic rings. The number of aromatic hydroxyl groups is 1. The van der Waals surface area contributed by atoms with Crippen LogP contribution in [0.25, 0.3) is 11.3 Å². The van der Waals surface area contributed by atoms with Gasteiger partial charge < -0.3 is 14.9 Å². The van der Waals surface area contributed by atoms with Crippen molar-refractivity contribution in [3.8, 4) is 17.0 Å². The number of H-pyrrole nitrogens is 1. The average Bonchev–Trinajstić information content (AvgIpc) is 2.92. The lowest BCUT2D eigenvalue weighted by Crippen LogP contribution is -2.34. The zero-order chi connectivity index (χ0) is 16.4. The molecule has 0 aliphatic carbocycles. The lowest BCUT2D eigenvalue weighted by Gasteiger charge is -2.19. The van der Waals surface area contributed by atoms with Crippen LogP contribution in [0.4, 0.5) is 4.39 Å². The number of halogens is 1. The largest absolute Gasteiger partial charge is 0.507 e. The van der Waals surface area contributed by atoms with Crippen LogP contribution in [0.2, 0.25) is 0 Å². The number of likely N-dealkylation sites (N-methyl/N-ethyl adjacent to an activating group) is 1. The Balaban J connectivity index is 1.81. The molecular formula is C16H19FN4O2. The van der Waals surface area contributed by atoms with Crippen molar-refractivity contribution in [1.29, 1.82) is 0 Å². The van der Waals surface area contributed by atoms with E-state index < -0.39 is 5.82 Å². The van der Waals surface area contributed by atoms with Gasteiger partial charge in [-0.15, -0.1) is 0 Å². The van der Waals surface area contributed by atoms with Gasteiger partial charge in [0.25, 0.3) is 5.91 Å². The number of amides is 1. The fraction of sp³-hybridized carbons (Fsp3) is 0.375. The first-order chi connectivity index (χ1) is 11.0. The number of nitrogens with one attached hydrogen (secondary N) is 1. The molecule has 3 rings (SSSR count). The molecule has 0 bridgehead atoms. The first-order valence-corrected chi connectivity index (χ1v) is 7.57. The quantitative estimate of drug-likeness (QED) is 0.884. The van der Waals surface area contributed by atoms with E-state index in [9.17, 15) is 14.3 Å². The summed E-state index contributed by atoms with van der Waals surface area (Å²) in [5.41, 5.74) is 0.946. The van der Waals surface area contributed by atoms with Crippen molar-refractivity contribution < 1.29 is 14.3 Å². The van der Waals surface area contributed by atoms with Gasteiger partial charge in [0.15, 0.2) is 0 Å². The van der Waals surface area contributed by atoms with Gasteiger partial charge >= 0.3 is 0 Å². The highest BCUT2D eigenvalue weighted by atomic mass is 19.1. The number of carbonyl (C=O) groups is 1. The summed E-state index contributed by atoms with van der Waals surface area (Å²) in [5, 5.41) is 16.6. The second-order valence-corrected chi connectivity index (χ2v) is 5.78. The molecule has 2 N–H and O–H groups in total. The topological polar surface area (TPSA) is 72.5 Å². The molecule has 1 saturated heterocycles. The molecule has 1 aromatic carbocycles. The van der Waals surface area contributed by atoms with Crippen molar-refractivity contribution in [2.75, 3.05) is 33.2 Å². The summed E-state index contributed by atoms with van der Waals surface area (Å²) >= 11 is 0. The standard InChI is InChI=1S/C16H19FN4O2/c1-20-5-2-6-21(8-7-20)16(23)14-10-13(18-19-14)12-9-11(17)3-4-15(12)22/h3-4,9-10,22H,2,5-8H2,1H3,(H,18,19). The molecule has 0 spiro atoms. The van der Waals surface area contributed by atoms with E-state index in [0.717, 1.165) is 19.5 Å². The van der Waals surface area contributed by atoms with E-state index >= 15 is 0 Å². The van der Waals surface area contributed by atoms with Crippen molar-refractivity contribution in [2.24, 2.45) is 0 Å². The molecule has 7 heteroatoms. The monoisotopic (exact) mass is 318 g/mol. The summed E-state index contributed by atoms with van der Waals surface area (Å²) in [4.78, 5) is 16.5. The van der Waals surface area contributed by atoms with Crippen LogP contribution < -0.4 is 0 Å². The van der Waals surface area contributed by atoms with Gasteiger partial charge in [0.1, 0.15) is 17.3 Å². The number of hydrogen-bond acceptors (Lipinski definition) is 4. The molecule has 1 aliphatic heterocycles. The number of aromatic amines is 1. The molecule has 2 aromatic rings. The maximum Gasteiger partial charge on any atom is 0.271 e. The van der Waals surface area contributed by atoms with Gasteiger partial charge in [-0.25, -0.2) is 4.39 Å². The Labute approximate surface area is 133 Å². The van der Waals surface area contributed by atoms with E-state index in [1.54, 1.807) is 11.0 Å². The fourth-order valence-electron chi connectivity index (χ4n) is 2.70. The van der Waals surface area contributed by atoms with Gasteiger partial charge in [-0.2, -0.15) is 5.10 Å². The molecule has 0 saturated carbocycles. The van der Waals surface area contributed by atoms with Crippen molar-refractivity contribution in [3.63, 3.8) is 0 Å². The molecule has 0 atom stereocenters. The second kappa shape index (κ2) is 6.37. The predicted molar refractivity (Wildman–Crippen MR) is 83.7 cm³/mol. The van der Waals surface area contributed by atoms with Crippen molar-refractivity contribution in [2.45, 2.75) is 6.42 Å². The minimum Gasteiger partial charge on any atom is -0.507 e. The van der Waals surface area contributed by atoms with Crippen LogP contribution in [0.5, 0.6) is 5.75 Å². The van der Waals surface area contributed by atoms with Crippen LogP contribution in [0, 0.1) is 5.82 Å². The van der Waals surface area contributed by atoms with Crippen LogP contribution in [-0.4, -0.2) is 64.2 Å². The van der Waals surface area contributed by atoms with Crippen molar-refractivity contribution >= 4 is 5.91 Å². The number of benzene rings is 1. The van der Waals surface area contributed by atoms with E-state index in [1.165, 1.54) is 18.2 Å². The molecule has 2 heterocycles. The summed E-state index contributed by atoms with van der Waals surface area (Å²) in [6, 6.07) is 5.18. The zero-order valence-electron chi connectivity index (χ0n) is 12.9. The van der Waals surface area contributed by atoms with E-state index in [2.05, 4.69) is 15.1 Å². The van der Waals surface area contributed by atoms with Gasteiger partial charge in [-0.3, -0.25) is 9.89 Å². The Morgan fingerprint density at radius 1 is 1.26 bits per heavy atom. The summed E-state index contributed by atoms with van der Waals surface area (Å²) in [5.74, 6) is -0.674. The fourth-order valence-corrected chi connectivity index (χ4v) is 2.70. The molecule has 23 heavy (non-hydrogen) atoms. The Morgan fingerprint density at radius 3 is 2.91 bits per heavy atom. The summed E-state index contributed by atoms with van der Waals surface area (Å²) in [6.45, 7) is 3.16. The molecule has 0 radical (unpaired) electrons. The second-order valence-electron chi connectivity index (χ2n) is 5.78. The molecule has 0 unspecified atom stereocenters. The van der Waals surface area contributed by atoms with Crippen LogP contribution in [-0.2, 0) is 0 Å². The van der Waals surface area contributed by atoms with E-state index in [0.29, 0.717) is 24.5 Å². The number of carbonyl (C=O) groups excluding carboxylic acids is 1. The highest BCUT2D eigenvalue weighted by Crippen LogP contribution is 2.28. The third-order valence-electron chi connectivity index (χ3n) is 4.05. The highest BCUT2D eigenvalue weighted by Gasteiger charge is 2.21. The molecular weight excluding hydrogens is 299 g/mol. The number of hydrogen-bond donors (Lipinski definition) is 2. The van der Waals surface area contributed by atoms with Crippen LogP contribution in [0.3, 0.4) is 0 Å². The Hall–Kier alpha value is -2.41. The van der Waals surface area contributed by atoms with Crippen LogP contribution in [0.15, 0.2) is 24.3 Å². The third-order valence-corrected chi connectivity index (χ3v) is 4.05. The summed E-state index contributed by atoms with van der Waals surface area (Å²) in [6.07, 6.45) is 0.925. The van der Waals surface area contributed by atoms with Gasteiger partial charge in [0, 0.05) is 25.2 Å². The van der Waals surface area contributed by atoms with Crippen LogP contribution in [0.1, 0.15) is 16.9 Å². The van der Waals surface area contributed by atoms with Crippen LogP contribution >= 0.6 is 0 Å². The lowest BCUT2D eigenvalue weighted by molar-refractivity contribution is 0.0757. The number of nitrogens with zero attached hydrogens (tertiary/aromatic N) is 3. The van der Waals surface area contributed by atoms with E-state index in [4.69, 9.17) is 0 Å². The van der Waals surface area contributed by atoms with Gasteiger partial charge in [0.2, 0.25) is 0 Å². The SMILES string of the molecule is CN1CCCN(C(=O)c2cc(-c3cc(F)ccc3O)n[nH]2)CC1. The van der Waals surface area contributed by atoms with E-state index in [-0.39, 0.29) is 17.2 Å². The third kappa shape index (κ3) is 3.34. The molecule has 122 valence electrons. The maximum absolute atomic E-state index is 13.3. The lowest BCUT2D eigenvalue weighted by atomic mass is 10.1. The van der Waals surface area contributed by atoms with Gasteiger partial charge in [-0.05, 0) is 44.3 Å². The van der Waals surface area contributed by atoms with Crippen molar-refractivity contribution in [3.05, 3.63) is 35.8 Å². The minimum absolute atomic E-state index is 0.0757. The van der Waals surface area contributed by atoms with E-state index in [1.807, 2.05) is 7.05 Å². The predicted octanol–water partition coefficient (Wildman–Crippen LogP) is 1.70. The summed E-state index contributed by atoms with van der Waals surface area (Å²) < 4.78 is 13.3. The first kappa shape index (κ1) is 15.5. The highest BCUT2D eigenvalue weighted by molar-refractivity contribution is 5.93. The normalized spacial score (nSPS) is 16.3. The number of phenols is 1. The maximum atomic E-state index is 13.3. The molecule has 1 amide bonds. The minimum atomic E-state index is -0.468. The smallest absolute Gasteiger partial charge is 0.271 e. The van der Waals surface area contributed by atoms with Gasteiger partial charge in [0.05, 0.1) is 5.69 Å². The number of phenolic OH excluding ortho intramolecular Hbond substituents is 1. The van der Waals surface area contributed by atoms with Gasteiger partial charge in [-0.1, -0.05) is 0 Å². The average molecular weight is 318 g/mol. The number of rotatable bonds is 2. The first-order valence-electron chi connectivity index (χ1n) is 7.57. The Morgan fingerprint density at radius 2 is 2.09 bits per heavy atom. The molecule has 1 aromatic heterocycles. The molecule has 1 fully saturated rings. The number of aromatic nitrogens is 2. The summed E-state index contributed by atoms with van der Waals surface area (Å²) in [7, 11) is 2.04. The Bertz CT molecular complexity index is 716. The molecule has 6 nitrogen and oxygen atoms in total. The van der Waals surface area contributed by atoms with Crippen molar-refractivity contribution in [1.82, 2.24) is 20.0 Å². The zero-order valence-corrected chi connectivity index (χ0v) is 12.9. The Kier molecular flexibility index (Phi) is 4.29.